The smallest absolute Gasteiger partial charge is 0.188 e. The van der Waals surface area contributed by atoms with Gasteiger partial charge in [-0.1, -0.05) is 30.3 Å². The molecule has 0 saturated carbocycles. The van der Waals surface area contributed by atoms with Crippen LogP contribution in [0.2, 0.25) is 0 Å². The van der Waals surface area contributed by atoms with Gasteiger partial charge in [0.2, 0.25) is 0 Å². The molecule has 2 heterocycles. The molecular weight excluding hydrogens is 328 g/mol. The molecule has 1 aromatic rings. The number of nitrogens with zero attached hydrogens (tertiary/aromatic N) is 2. The first kappa shape index (κ1) is 19.1. The number of nitrogens with two attached hydrogens (primary N) is 1. The fourth-order valence-electron chi connectivity index (χ4n) is 3.66. The minimum atomic E-state index is 0.128. The highest BCUT2D eigenvalue weighted by atomic mass is 16.5. The lowest BCUT2D eigenvalue weighted by atomic mass is 9.89. The minimum Gasteiger partial charge on any atom is -0.379 e. The summed E-state index contributed by atoms with van der Waals surface area (Å²) in [7, 11) is 0. The Bertz CT molecular complexity index is 546. The third-order valence-electron chi connectivity index (χ3n) is 5.13. The van der Waals surface area contributed by atoms with E-state index in [4.69, 9.17) is 15.2 Å². The Morgan fingerprint density at radius 1 is 1.19 bits per heavy atom. The van der Waals surface area contributed by atoms with Crippen molar-refractivity contribution in [3.63, 3.8) is 0 Å². The predicted molar refractivity (Wildman–Crippen MR) is 104 cm³/mol. The average Bonchev–Trinajstić information content (AvgIpc) is 2.71. The lowest BCUT2D eigenvalue weighted by Gasteiger charge is -2.31. The largest absolute Gasteiger partial charge is 0.379 e. The van der Waals surface area contributed by atoms with Crippen LogP contribution in [0.15, 0.2) is 35.3 Å². The van der Waals surface area contributed by atoms with E-state index in [9.17, 15) is 0 Å². The number of benzene rings is 1. The van der Waals surface area contributed by atoms with E-state index in [1.165, 1.54) is 5.56 Å². The van der Waals surface area contributed by atoms with Gasteiger partial charge in [-0.15, -0.1) is 0 Å². The van der Waals surface area contributed by atoms with Crippen LogP contribution in [-0.4, -0.2) is 63.4 Å². The maximum atomic E-state index is 6.06. The first-order valence-corrected chi connectivity index (χ1v) is 9.83. The fourth-order valence-corrected chi connectivity index (χ4v) is 3.66. The second kappa shape index (κ2) is 10.5. The highest BCUT2D eigenvalue weighted by Gasteiger charge is 2.27. The van der Waals surface area contributed by atoms with E-state index in [1.807, 2.05) is 6.07 Å². The third-order valence-corrected chi connectivity index (χ3v) is 5.13. The number of nitrogens with one attached hydrogen (secondary N) is 1. The number of ether oxygens (including phenoxy) is 2. The Morgan fingerprint density at radius 3 is 2.81 bits per heavy atom. The van der Waals surface area contributed by atoms with E-state index in [0.717, 1.165) is 65.3 Å². The summed E-state index contributed by atoms with van der Waals surface area (Å²) < 4.78 is 11.4. The van der Waals surface area contributed by atoms with Gasteiger partial charge in [0, 0.05) is 38.7 Å². The molecule has 2 aliphatic rings. The molecule has 6 heteroatoms. The molecule has 2 fully saturated rings. The molecule has 3 rings (SSSR count). The summed E-state index contributed by atoms with van der Waals surface area (Å²) in [5, 5.41) is 3.25. The second-order valence-corrected chi connectivity index (χ2v) is 7.06. The van der Waals surface area contributed by atoms with E-state index in [2.05, 4.69) is 39.5 Å². The topological polar surface area (TPSA) is 72.1 Å². The van der Waals surface area contributed by atoms with Crippen molar-refractivity contribution in [3.8, 4) is 0 Å². The molecule has 0 amide bonds. The zero-order valence-corrected chi connectivity index (χ0v) is 15.6. The van der Waals surface area contributed by atoms with Crippen molar-refractivity contribution in [1.29, 1.82) is 0 Å². The molecule has 0 bridgehead atoms. The summed E-state index contributed by atoms with van der Waals surface area (Å²) in [5.41, 5.74) is 7.30. The molecule has 6 nitrogen and oxygen atoms in total. The summed E-state index contributed by atoms with van der Waals surface area (Å²) in [6.45, 7) is 7.24. The minimum absolute atomic E-state index is 0.128. The van der Waals surface area contributed by atoms with E-state index >= 15 is 0 Å². The maximum Gasteiger partial charge on any atom is 0.188 e. The van der Waals surface area contributed by atoms with Crippen molar-refractivity contribution in [1.82, 2.24) is 10.2 Å². The van der Waals surface area contributed by atoms with Gasteiger partial charge in [0.1, 0.15) is 0 Å². The molecule has 2 unspecified atom stereocenters. The molecule has 2 saturated heterocycles. The van der Waals surface area contributed by atoms with E-state index in [0.29, 0.717) is 18.4 Å². The van der Waals surface area contributed by atoms with Gasteiger partial charge in [0.05, 0.1) is 19.3 Å². The third kappa shape index (κ3) is 5.97. The van der Waals surface area contributed by atoms with Gasteiger partial charge in [-0.2, -0.15) is 0 Å². The van der Waals surface area contributed by atoms with Crippen molar-refractivity contribution in [2.45, 2.75) is 25.4 Å². The van der Waals surface area contributed by atoms with Gasteiger partial charge in [-0.05, 0) is 31.4 Å². The predicted octanol–water partition coefficient (Wildman–Crippen LogP) is 1.78. The molecule has 144 valence electrons. The van der Waals surface area contributed by atoms with Crippen molar-refractivity contribution in [3.05, 3.63) is 35.9 Å². The quantitative estimate of drug-likeness (QED) is 0.441. The molecule has 0 aliphatic carbocycles. The summed E-state index contributed by atoms with van der Waals surface area (Å²) >= 11 is 0. The fraction of sp³-hybridized carbons (Fsp3) is 0.650. The molecule has 3 N–H and O–H groups in total. The van der Waals surface area contributed by atoms with Gasteiger partial charge < -0.3 is 20.5 Å². The Kier molecular flexibility index (Phi) is 7.73. The molecular formula is C20H32N4O2. The Balaban J connectivity index is 1.40. The summed E-state index contributed by atoms with van der Waals surface area (Å²) in [6, 6.07) is 10.5. The molecule has 1 aromatic carbocycles. The van der Waals surface area contributed by atoms with Crippen LogP contribution < -0.4 is 11.1 Å². The standard InChI is InChI=1S/C20H32N4O2/c21-20(22-9-5-10-24-11-14-25-15-12-24)23-16-18-8-4-13-26-19(18)17-6-2-1-3-7-17/h1-3,6-7,18-19H,4-5,8-16H2,(H3,21,22,23). The van der Waals surface area contributed by atoms with Crippen LogP contribution in [0, 0.1) is 5.92 Å². The lowest BCUT2D eigenvalue weighted by molar-refractivity contribution is -0.0250. The van der Waals surface area contributed by atoms with Crippen molar-refractivity contribution >= 4 is 5.96 Å². The van der Waals surface area contributed by atoms with Crippen LogP contribution in [0.25, 0.3) is 0 Å². The number of aliphatic imine (C=N–C) groups is 1. The van der Waals surface area contributed by atoms with Crippen molar-refractivity contribution < 1.29 is 9.47 Å². The molecule has 0 spiro atoms. The van der Waals surface area contributed by atoms with E-state index in [-0.39, 0.29) is 6.10 Å². The molecule has 2 aliphatic heterocycles. The van der Waals surface area contributed by atoms with E-state index < -0.39 is 0 Å². The number of morpholine rings is 1. The molecule has 2 atom stereocenters. The average molecular weight is 361 g/mol. The van der Waals surface area contributed by atoms with Crippen LogP contribution >= 0.6 is 0 Å². The highest BCUT2D eigenvalue weighted by molar-refractivity contribution is 5.77. The van der Waals surface area contributed by atoms with Gasteiger partial charge in [0.15, 0.2) is 5.96 Å². The van der Waals surface area contributed by atoms with Crippen LogP contribution in [0.3, 0.4) is 0 Å². The van der Waals surface area contributed by atoms with Gasteiger partial charge in [-0.3, -0.25) is 9.89 Å². The summed E-state index contributed by atoms with van der Waals surface area (Å²) in [4.78, 5) is 7.01. The monoisotopic (exact) mass is 360 g/mol. The highest BCUT2D eigenvalue weighted by Crippen LogP contribution is 2.33. The van der Waals surface area contributed by atoms with Gasteiger partial charge >= 0.3 is 0 Å². The van der Waals surface area contributed by atoms with Crippen molar-refractivity contribution in [2.75, 3.05) is 52.5 Å². The first-order chi connectivity index (χ1) is 12.8. The SMILES string of the molecule is NC(=NCC1CCCOC1c1ccccc1)NCCCN1CCOCC1. The van der Waals surface area contributed by atoms with Crippen LogP contribution in [0.5, 0.6) is 0 Å². The van der Waals surface area contributed by atoms with Crippen LogP contribution in [-0.2, 0) is 9.47 Å². The van der Waals surface area contributed by atoms with Crippen molar-refractivity contribution in [2.24, 2.45) is 16.6 Å². The first-order valence-electron chi connectivity index (χ1n) is 9.83. The number of hydrogen-bond acceptors (Lipinski definition) is 4. The Labute approximate surface area is 156 Å². The lowest BCUT2D eigenvalue weighted by Crippen LogP contribution is -2.39. The zero-order chi connectivity index (χ0) is 18.0. The summed E-state index contributed by atoms with van der Waals surface area (Å²) in [6.07, 6.45) is 3.42. The zero-order valence-electron chi connectivity index (χ0n) is 15.6. The second-order valence-electron chi connectivity index (χ2n) is 7.06. The van der Waals surface area contributed by atoms with Crippen LogP contribution in [0.4, 0.5) is 0 Å². The Hall–Kier alpha value is -1.63. The van der Waals surface area contributed by atoms with Crippen LogP contribution in [0.1, 0.15) is 30.9 Å². The molecule has 26 heavy (non-hydrogen) atoms. The molecule has 0 aromatic heterocycles. The number of hydrogen-bond donors (Lipinski definition) is 2. The van der Waals surface area contributed by atoms with Gasteiger partial charge in [0.25, 0.3) is 0 Å². The normalized spacial score (nSPS) is 25.2. The van der Waals surface area contributed by atoms with Gasteiger partial charge in [-0.25, -0.2) is 0 Å². The number of rotatable bonds is 7. The van der Waals surface area contributed by atoms with E-state index in [1.54, 1.807) is 0 Å². The summed E-state index contributed by atoms with van der Waals surface area (Å²) in [5.74, 6) is 0.934. The molecule has 0 radical (unpaired) electrons. The number of guanidine groups is 1. The Morgan fingerprint density at radius 2 is 2.00 bits per heavy atom. The maximum absolute atomic E-state index is 6.06.